The highest BCUT2D eigenvalue weighted by atomic mass is 16.2. The van der Waals surface area contributed by atoms with Crippen molar-refractivity contribution in [2.75, 3.05) is 11.4 Å². The number of hydrogen-bond acceptors (Lipinski definition) is 4. The SMILES string of the molecule is CC(C)(C)c1ccc(N(C(=O)C2NCCC2(C)C)C(C(=O)NC2CCCCC2)c2cccnc2)cc1. The maximum Gasteiger partial charge on any atom is 0.248 e. The first-order valence-corrected chi connectivity index (χ1v) is 13.5. The molecule has 6 heteroatoms. The molecule has 1 saturated carbocycles. The van der Waals surface area contributed by atoms with Gasteiger partial charge in [-0.05, 0) is 60.4 Å². The van der Waals surface area contributed by atoms with Gasteiger partial charge >= 0.3 is 0 Å². The summed E-state index contributed by atoms with van der Waals surface area (Å²) in [6.07, 6.45) is 9.75. The highest BCUT2D eigenvalue weighted by Gasteiger charge is 2.45. The van der Waals surface area contributed by atoms with E-state index in [1.807, 2.05) is 24.3 Å². The maximum atomic E-state index is 14.3. The molecule has 36 heavy (non-hydrogen) atoms. The van der Waals surface area contributed by atoms with Gasteiger partial charge in [0.2, 0.25) is 11.8 Å². The van der Waals surface area contributed by atoms with Gasteiger partial charge in [0.1, 0.15) is 6.04 Å². The Bertz CT molecular complexity index is 1040. The third-order valence-corrected chi connectivity index (χ3v) is 7.85. The summed E-state index contributed by atoms with van der Waals surface area (Å²) < 4.78 is 0. The van der Waals surface area contributed by atoms with E-state index in [1.54, 1.807) is 17.3 Å². The van der Waals surface area contributed by atoms with Crippen molar-refractivity contribution in [3.05, 3.63) is 59.9 Å². The fourth-order valence-corrected chi connectivity index (χ4v) is 5.53. The highest BCUT2D eigenvalue weighted by molar-refractivity contribution is 6.04. The lowest BCUT2D eigenvalue weighted by atomic mass is 9.83. The molecule has 2 fully saturated rings. The van der Waals surface area contributed by atoms with E-state index in [0.29, 0.717) is 0 Å². The van der Waals surface area contributed by atoms with E-state index in [-0.39, 0.29) is 34.7 Å². The Balaban J connectivity index is 1.78. The van der Waals surface area contributed by atoms with Gasteiger partial charge in [-0.15, -0.1) is 0 Å². The molecule has 1 aromatic carbocycles. The summed E-state index contributed by atoms with van der Waals surface area (Å²) in [4.78, 5) is 34.3. The summed E-state index contributed by atoms with van der Waals surface area (Å²) in [6.45, 7) is 11.5. The van der Waals surface area contributed by atoms with Crippen LogP contribution in [0.15, 0.2) is 48.8 Å². The van der Waals surface area contributed by atoms with Crippen LogP contribution in [0.25, 0.3) is 0 Å². The second kappa shape index (κ2) is 10.7. The lowest BCUT2D eigenvalue weighted by Gasteiger charge is -2.37. The van der Waals surface area contributed by atoms with Crippen molar-refractivity contribution in [3.63, 3.8) is 0 Å². The standard InChI is InChI=1S/C30H42N4O2/c1-29(2,3)22-13-15-24(16-14-22)34(28(36)26-30(4,5)17-19-32-26)25(21-10-9-18-31-20-21)27(35)33-23-11-7-6-8-12-23/h9-10,13-16,18,20,23,25-26,32H,6-8,11-12,17,19H2,1-5H3,(H,33,35). The number of carbonyl (C=O) groups is 2. The van der Waals surface area contributed by atoms with Crippen LogP contribution < -0.4 is 15.5 Å². The van der Waals surface area contributed by atoms with Crippen molar-refractivity contribution in [3.8, 4) is 0 Å². The molecule has 2 aromatic rings. The Morgan fingerprint density at radius 3 is 2.33 bits per heavy atom. The molecule has 194 valence electrons. The zero-order valence-electron chi connectivity index (χ0n) is 22.5. The average molecular weight is 491 g/mol. The number of benzene rings is 1. The third-order valence-electron chi connectivity index (χ3n) is 7.85. The minimum Gasteiger partial charge on any atom is -0.351 e. The molecule has 1 aliphatic carbocycles. The van der Waals surface area contributed by atoms with Crippen molar-refractivity contribution in [2.24, 2.45) is 5.41 Å². The molecule has 2 N–H and O–H groups in total. The van der Waals surface area contributed by atoms with Crippen LogP contribution in [0.1, 0.15) is 90.3 Å². The zero-order chi connectivity index (χ0) is 25.9. The lowest BCUT2D eigenvalue weighted by molar-refractivity contribution is -0.128. The highest BCUT2D eigenvalue weighted by Crippen LogP contribution is 2.36. The van der Waals surface area contributed by atoms with Crippen LogP contribution in [-0.4, -0.2) is 35.4 Å². The summed E-state index contributed by atoms with van der Waals surface area (Å²) in [5.41, 5.74) is 2.41. The number of nitrogens with one attached hydrogen (secondary N) is 2. The van der Waals surface area contributed by atoms with E-state index in [9.17, 15) is 9.59 Å². The molecule has 2 amide bonds. The predicted molar refractivity (Wildman–Crippen MR) is 145 cm³/mol. The van der Waals surface area contributed by atoms with E-state index in [4.69, 9.17) is 0 Å². The predicted octanol–water partition coefficient (Wildman–Crippen LogP) is 5.29. The maximum absolute atomic E-state index is 14.3. The summed E-state index contributed by atoms with van der Waals surface area (Å²) in [6, 6.07) is 10.8. The number of amides is 2. The van der Waals surface area contributed by atoms with E-state index in [1.165, 1.54) is 12.0 Å². The molecule has 4 rings (SSSR count). The van der Waals surface area contributed by atoms with E-state index in [2.05, 4.69) is 62.4 Å². The molecule has 2 aliphatic rings. The van der Waals surface area contributed by atoms with E-state index in [0.717, 1.165) is 49.9 Å². The molecular weight excluding hydrogens is 448 g/mol. The first kappa shape index (κ1) is 26.3. The number of hydrogen-bond donors (Lipinski definition) is 2. The Kier molecular flexibility index (Phi) is 7.84. The molecule has 0 bridgehead atoms. The molecule has 1 saturated heterocycles. The van der Waals surface area contributed by atoms with Crippen molar-refractivity contribution in [1.82, 2.24) is 15.6 Å². The fraction of sp³-hybridized carbons (Fsp3) is 0.567. The van der Waals surface area contributed by atoms with Crippen LogP contribution in [-0.2, 0) is 15.0 Å². The molecule has 2 atom stereocenters. The molecular formula is C30H42N4O2. The van der Waals surface area contributed by atoms with Crippen molar-refractivity contribution in [1.29, 1.82) is 0 Å². The smallest absolute Gasteiger partial charge is 0.248 e. The number of pyridine rings is 1. The number of anilines is 1. The summed E-state index contributed by atoms with van der Waals surface area (Å²) in [5.74, 6) is -0.215. The first-order valence-electron chi connectivity index (χ1n) is 13.5. The number of rotatable bonds is 6. The largest absolute Gasteiger partial charge is 0.351 e. The van der Waals surface area contributed by atoms with Gasteiger partial charge in [0.05, 0.1) is 6.04 Å². The Morgan fingerprint density at radius 2 is 1.78 bits per heavy atom. The molecule has 6 nitrogen and oxygen atoms in total. The van der Waals surface area contributed by atoms with Crippen LogP contribution in [0.3, 0.4) is 0 Å². The Labute approximate surface area is 216 Å². The second-order valence-electron chi connectivity index (χ2n) is 12.2. The van der Waals surface area contributed by atoms with Crippen LogP contribution in [0.2, 0.25) is 0 Å². The van der Waals surface area contributed by atoms with Gasteiger partial charge in [-0.1, -0.05) is 72.1 Å². The quantitative estimate of drug-likeness (QED) is 0.577. The van der Waals surface area contributed by atoms with Gasteiger partial charge in [0.15, 0.2) is 0 Å². The number of aromatic nitrogens is 1. The third kappa shape index (κ3) is 5.80. The van der Waals surface area contributed by atoms with Gasteiger partial charge < -0.3 is 10.6 Å². The zero-order valence-corrected chi connectivity index (χ0v) is 22.5. The molecule has 2 heterocycles. The minimum absolute atomic E-state index is 0.0104. The minimum atomic E-state index is -0.799. The number of carbonyl (C=O) groups excluding carboxylic acids is 2. The molecule has 0 spiro atoms. The summed E-state index contributed by atoms with van der Waals surface area (Å²) in [7, 11) is 0. The molecule has 1 aliphatic heterocycles. The van der Waals surface area contributed by atoms with Crippen LogP contribution in [0.5, 0.6) is 0 Å². The van der Waals surface area contributed by atoms with Gasteiger partial charge in [-0.2, -0.15) is 0 Å². The summed E-state index contributed by atoms with van der Waals surface area (Å²) >= 11 is 0. The van der Waals surface area contributed by atoms with Crippen molar-refractivity contribution >= 4 is 17.5 Å². The van der Waals surface area contributed by atoms with Crippen molar-refractivity contribution in [2.45, 2.75) is 96.7 Å². The molecule has 0 radical (unpaired) electrons. The van der Waals surface area contributed by atoms with Crippen LogP contribution in [0.4, 0.5) is 5.69 Å². The monoisotopic (exact) mass is 490 g/mol. The topological polar surface area (TPSA) is 74.3 Å². The van der Waals surface area contributed by atoms with Crippen molar-refractivity contribution < 1.29 is 9.59 Å². The normalized spacial score (nSPS) is 21.1. The van der Waals surface area contributed by atoms with E-state index < -0.39 is 6.04 Å². The Hall–Kier alpha value is -2.73. The van der Waals surface area contributed by atoms with E-state index >= 15 is 0 Å². The fourth-order valence-electron chi connectivity index (χ4n) is 5.53. The van der Waals surface area contributed by atoms with Gasteiger partial charge in [-0.25, -0.2) is 0 Å². The number of nitrogens with zero attached hydrogens (tertiary/aromatic N) is 2. The summed E-state index contributed by atoms with van der Waals surface area (Å²) in [5, 5.41) is 6.71. The average Bonchev–Trinajstić information content (AvgIpc) is 3.21. The van der Waals surface area contributed by atoms with Gasteiger partial charge in [0.25, 0.3) is 0 Å². The van der Waals surface area contributed by atoms with Gasteiger partial charge in [0, 0.05) is 29.7 Å². The van der Waals surface area contributed by atoms with Crippen LogP contribution >= 0.6 is 0 Å². The Morgan fingerprint density at radius 1 is 1.08 bits per heavy atom. The first-order chi connectivity index (χ1) is 17.1. The van der Waals surface area contributed by atoms with Gasteiger partial charge in [-0.3, -0.25) is 19.5 Å². The lowest BCUT2D eigenvalue weighted by Crippen LogP contribution is -2.54. The molecule has 1 aromatic heterocycles. The second-order valence-corrected chi connectivity index (χ2v) is 12.2. The molecule has 2 unspecified atom stereocenters. The van der Waals surface area contributed by atoms with Crippen LogP contribution in [0, 0.1) is 5.41 Å².